The quantitative estimate of drug-likeness (QED) is 0.494. The molecular formula is C22H26N6O2S2. The van der Waals surface area contributed by atoms with E-state index < -0.39 is 0 Å². The van der Waals surface area contributed by atoms with Crippen LogP contribution in [0.25, 0.3) is 10.7 Å². The number of aromatic nitrogens is 3. The van der Waals surface area contributed by atoms with Crippen LogP contribution in [0.15, 0.2) is 47.8 Å². The first-order chi connectivity index (χ1) is 15.6. The first-order valence-electron chi connectivity index (χ1n) is 10.6. The van der Waals surface area contributed by atoms with E-state index in [9.17, 15) is 9.59 Å². The number of carbonyl (C=O) groups is 2. The Hall–Kier alpha value is -2.82. The highest BCUT2D eigenvalue weighted by Gasteiger charge is 2.22. The van der Waals surface area contributed by atoms with Crippen LogP contribution in [0.3, 0.4) is 0 Å². The van der Waals surface area contributed by atoms with Gasteiger partial charge in [-0.2, -0.15) is 5.10 Å². The molecule has 2 aromatic heterocycles. The summed E-state index contributed by atoms with van der Waals surface area (Å²) in [5.74, 6) is 0.867. The second kappa shape index (κ2) is 10.7. The number of piperazine rings is 1. The van der Waals surface area contributed by atoms with Crippen LogP contribution in [-0.2, 0) is 22.7 Å². The van der Waals surface area contributed by atoms with Crippen molar-refractivity contribution >= 4 is 35.4 Å². The largest absolute Gasteiger partial charge is 0.351 e. The van der Waals surface area contributed by atoms with Crippen LogP contribution in [0.5, 0.6) is 0 Å². The molecule has 0 aliphatic carbocycles. The van der Waals surface area contributed by atoms with Gasteiger partial charge in [-0.15, -0.1) is 11.3 Å². The van der Waals surface area contributed by atoms with Crippen molar-refractivity contribution in [1.82, 2.24) is 29.9 Å². The Balaban J connectivity index is 1.21. The van der Waals surface area contributed by atoms with E-state index in [4.69, 9.17) is 12.2 Å². The maximum Gasteiger partial charge on any atom is 0.234 e. The molecule has 2 amide bonds. The molecule has 0 spiro atoms. The van der Waals surface area contributed by atoms with Gasteiger partial charge in [-0.3, -0.25) is 24.2 Å². The molecule has 0 bridgehead atoms. The summed E-state index contributed by atoms with van der Waals surface area (Å²) in [5, 5.41) is 12.1. The van der Waals surface area contributed by atoms with Gasteiger partial charge >= 0.3 is 0 Å². The second-order valence-electron chi connectivity index (χ2n) is 7.65. The van der Waals surface area contributed by atoms with Gasteiger partial charge in [-0.05, 0) is 29.2 Å². The smallest absolute Gasteiger partial charge is 0.234 e. The monoisotopic (exact) mass is 470 g/mol. The highest BCUT2D eigenvalue weighted by molar-refractivity contribution is 7.71. The zero-order chi connectivity index (χ0) is 22.3. The second-order valence-corrected chi connectivity index (χ2v) is 8.98. The van der Waals surface area contributed by atoms with Gasteiger partial charge in [0.05, 0.1) is 11.4 Å². The van der Waals surface area contributed by atoms with Crippen molar-refractivity contribution in [2.75, 3.05) is 32.7 Å². The lowest BCUT2D eigenvalue weighted by Gasteiger charge is -2.34. The van der Waals surface area contributed by atoms with Gasteiger partial charge in [0.2, 0.25) is 11.8 Å². The third-order valence-corrected chi connectivity index (χ3v) is 6.65. The summed E-state index contributed by atoms with van der Waals surface area (Å²) >= 11 is 6.93. The number of amides is 2. The highest BCUT2D eigenvalue weighted by atomic mass is 32.1. The van der Waals surface area contributed by atoms with E-state index in [1.54, 1.807) is 11.3 Å². The number of H-pyrrole nitrogens is 1. The summed E-state index contributed by atoms with van der Waals surface area (Å²) in [5.41, 5.74) is 1.08. The highest BCUT2D eigenvalue weighted by Crippen LogP contribution is 2.23. The SMILES string of the molecule is O=C(CN1CCN(C(=O)CCn2c(-c3cccs3)n[nH]c2=S)CC1)NCc1ccccc1. The van der Waals surface area contributed by atoms with Gasteiger partial charge in [-0.25, -0.2) is 0 Å². The van der Waals surface area contributed by atoms with Crippen molar-refractivity contribution in [3.8, 4) is 10.7 Å². The normalized spacial score (nSPS) is 14.4. The molecule has 168 valence electrons. The number of carbonyl (C=O) groups excluding carboxylic acids is 2. The van der Waals surface area contributed by atoms with Crippen LogP contribution in [0.4, 0.5) is 0 Å². The summed E-state index contributed by atoms with van der Waals surface area (Å²) in [4.78, 5) is 30.0. The molecule has 1 saturated heterocycles. The molecule has 2 N–H and O–H groups in total. The van der Waals surface area contributed by atoms with E-state index >= 15 is 0 Å². The van der Waals surface area contributed by atoms with Crippen LogP contribution in [0.2, 0.25) is 0 Å². The third kappa shape index (κ3) is 5.70. The molecule has 1 aliphatic rings. The molecule has 0 unspecified atom stereocenters. The Morgan fingerprint density at radius 1 is 1.09 bits per heavy atom. The maximum absolute atomic E-state index is 12.7. The molecule has 3 heterocycles. The van der Waals surface area contributed by atoms with Crippen molar-refractivity contribution < 1.29 is 9.59 Å². The molecule has 32 heavy (non-hydrogen) atoms. The van der Waals surface area contributed by atoms with Crippen molar-refractivity contribution in [3.63, 3.8) is 0 Å². The zero-order valence-electron chi connectivity index (χ0n) is 17.7. The Kier molecular flexibility index (Phi) is 7.46. The summed E-state index contributed by atoms with van der Waals surface area (Å²) in [7, 11) is 0. The van der Waals surface area contributed by atoms with Gasteiger partial charge < -0.3 is 10.2 Å². The van der Waals surface area contributed by atoms with E-state index in [0.29, 0.717) is 57.0 Å². The fourth-order valence-corrected chi connectivity index (χ4v) is 4.64. The fraction of sp³-hybridized carbons (Fsp3) is 0.364. The molecular weight excluding hydrogens is 444 g/mol. The van der Waals surface area contributed by atoms with Gasteiger partial charge in [0.25, 0.3) is 0 Å². The number of hydrogen-bond donors (Lipinski definition) is 2. The fourth-order valence-electron chi connectivity index (χ4n) is 3.70. The summed E-state index contributed by atoms with van der Waals surface area (Å²) in [6.07, 6.45) is 0.365. The predicted octanol–water partition coefficient (Wildman–Crippen LogP) is 2.52. The number of thiophene rings is 1. The van der Waals surface area contributed by atoms with E-state index in [-0.39, 0.29) is 11.8 Å². The summed E-state index contributed by atoms with van der Waals surface area (Å²) in [6.45, 7) is 4.00. The first-order valence-corrected chi connectivity index (χ1v) is 11.9. The molecule has 1 aliphatic heterocycles. The number of benzene rings is 1. The molecule has 10 heteroatoms. The minimum absolute atomic E-state index is 0.00377. The molecule has 4 rings (SSSR count). The number of rotatable bonds is 8. The van der Waals surface area contributed by atoms with Crippen LogP contribution >= 0.6 is 23.6 Å². The van der Waals surface area contributed by atoms with E-state index in [1.807, 2.05) is 57.3 Å². The Morgan fingerprint density at radius 2 is 1.88 bits per heavy atom. The van der Waals surface area contributed by atoms with Gasteiger partial charge in [0.15, 0.2) is 10.6 Å². The lowest BCUT2D eigenvalue weighted by molar-refractivity contribution is -0.133. The standard InChI is InChI=1S/C22H26N6O2S2/c29-19(23-15-17-5-2-1-3-6-17)16-26-10-12-27(13-11-26)20(30)8-9-28-21(24-25-22(28)31)18-7-4-14-32-18/h1-7,14H,8-13,15-16H2,(H,23,29)(H,25,31). The Labute approximate surface area is 195 Å². The van der Waals surface area contributed by atoms with Crippen LogP contribution in [0, 0.1) is 4.77 Å². The van der Waals surface area contributed by atoms with Crippen LogP contribution in [0.1, 0.15) is 12.0 Å². The molecule has 1 aromatic carbocycles. The van der Waals surface area contributed by atoms with Crippen molar-refractivity contribution in [1.29, 1.82) is 0 Å². The lowest BCUT2D eigenvalue weighted by atomic mass is 10.2. The first kappa shape index (κ1) is 22.4. The number of nitrogens with zero attached hydrogens (tertiary/aromatic N) is 4. The zero-order valence-corrected chi connectivity index (χ0v) is 19.3. The topological polar surface area (TPSA) is 86.3 Å². The van der Waals surface area contributed by atoms with Gasteiger partial charge in [0.1, 0.15) is 0 Å². The molecule has 0 radical (unpaired) electrons. The minimum Gasteiger partial charge on any atom is -0.351 e. The molecule has 0 saturated carbocycles. The molecule has 3 aromatic rings. The van der Waals surface area contributed by atoms with E-state index in [0.717, 1.165) is 16.3 Å². The minimum atomic E-state index is 0.00377. The average molecular weight is 471 g/mol. The number of hydrogen-bond acceptors (Lipinski definition) is 6. The van der Waals surface area contributed by atoms with E-state index in [1.165, 1.54) is 0 Å². The third-order valence-electron chi connectivity index (χ3n) is 5.47. The molecule has 1 fully saturated rings. The Morgan fingerprint density at radius 3 is 2.59 bits per heavy atom. The predicted molar refractivity (Wildman–Crippen MR) is 127 cm³/mol. The summed E-state index contributed by atoms with van der Waals surface area (Å²) < 4.78 is 2.40. The van der Waals surface area contributed by atoms with Gasteiger partial charge in [0, 0.05) is 45.7 Å². The van der Waals surface area contributed by atoms with Crippen molar-refractivity contribution in [3.05, 3.63) is 58.2 Å². The number of aromatic amines is 1. The summed E-state index contributed by atoms with van der Waals surface area (Å²) in [6, 6.07) is 13.8. The molecule has 8 nitrogen and oxygen atoms in total. The molecule has 0 atom stereocenters. The lowest BCUT2D eigenvalue weighted by Crippen LogP contribution is -2.51. The van der Waals surface area contributed by atoms with Gasteiger partial charge in [-0.1, -0.05) is 36.4 Å². The average Bonchev–Trinajstić information content (AvgIpc) is 3.47. The van der Waals surface area contributed by atoms with Crippen molar-refractivity contribution in [2.24, 2.45) is 0 Å². The van der Waals surface area contributed by atoms with Crippen LogP contribution < -0.4 is 5.32 Å². The Bertz CT molecular complexity index is 1090. The van der Waals surface area contributed by atoms with E-state index in [2.05, 4.69) is 20.4 Å². The maximum atomic E-state index is 12.7. The van der Waals surface area contributed by atoms with Crippen LogP contribution in [-0.4, -0.2) is 69.1 Å². The number of nitrogens with one attached hydrogen (secondary N) is 2. The van der Waals surface area contributed by atoms with Crippen molar-refractivity contribution in [2.45, 2.75) is 19.5 Å².